The summed E-state index contributed by atoms with van der Waals surface area (Å²) in [6, 6.07) is 6.17. The molecule has 4 heteroatoms. The molecule has 0 amide bonds. The standard InChI is InChI=1S/C21H25FO3/c1-13(25-19(23)9-17-4-2-3-5-18(17)22)20(24)21-10-14-6-15(11-21)8-16(7-14)12-21/h2-5,13-16H,6-12H2,1H3. The summed E-state index contributed by atoms with van der Waals surface area (Å²) >= 11 is 0. The minimum Gasteiger partial charge on any atom is -0.454 e. The van der Waals surface area contributed by atoms with Gasteiger partial charge in [-0.15, -0.1) is 0 Å². The molecule has 1 aromatic carbocycles. The van der Waals surface area contributed by atoms with Crippen LogP contribution in [-0.2, 0) is 20.7 Å². The second-order valence-corrected chi connectivity index (χ2v) is 8.46. The molecule has 134 valence electrons. The first-order valence-electron chi connectivity index (χ1n) is 9.42. The maximum Gasteiger partial charge on any atom is 0.311 e. The van der Waals surface area contributed by atoms with E-state index in [1.165, 1.54) is 25.3 Å². The molecular weight excluding hydrogens is 319 g/mol. The second kappa shape index (κ2) is 6.22. The third kappa shape index (κ3) is 3.11. The Morgan fingerprint density at radius 3 is 2.24 bits per heavy atom. The molecule has 3 nitrogen and oxygen atoms in total. The predicted octanol–water partition coefficient (Wildman–Crippen LogP) is 4.09. The lowest BCUT2D eigenvalue weighted by atomic mass is 9.48. The highest BCUT2D eigenvalue weighted by Gasteiger charge is 2.55. The van der Waals surface area contributed by atoms with Gasteiger partial charge in [0.25, 0.3) is 0 Å². The van der Waals surface area contributed by atoms with Gasteiger partial charge in [0.1, 0.15) is 5.82 Å². The highest BCUT2D eigenvalue weighted by atomic mass is 19.1. The highest BCUT2D eigenvalue weighted by Crippen LogP contribution is 2.60. The molecule has 0 spiro atoms. The van der Waals surface area contributed by atoms with Crippen LogP contribution in [0.5, 0.6) is 0 Å². The average molecular weight is 344 g/mol. The van der Waals surface area contributed by atoms with Crippen LogP contribution < -0.4 is 0 Å². The van der Waals surface area contributed by atoms with Gasteiger partial charge in [-0.2, -0.15) is 0 Å². The van der Waals surface area contributed by atoms with E-state index in [-0.39, 0.29) is 17.6 Å². The monoisotopic (exact) mass is 344 g/mol. The minimum absolute atomic E-state index is 0.0912. The quantitative estimate of drug-likeness (QED) is 0.756. The Morgan fingerprint density at radius 1 is 1.12 bits per heavy atom. The molecule has 1 unspecified atom stereocenters. The Morgan fingerprint density at radius 2 is 1.68 bits per heavy atom. The van der Waals surface area contributed by atoms with Crippen molar-refractivity contribution in [1.82, 2.24) is 0 Å². The van der Waals surface area contributed by atoms with Gasteiger partial charge in [-0.25, -0.2) is 4.39 Å². The summed E-state index contributed by atoms with van der Waals surface area (Å²) in [6.45, 7) is 1.68. The lowest BCUT2D eigenvalue weighted by Gasteiger charge is -2.56. The number of benzene rings is 1. The number of ketones is 1. The first-order valence-corrected chi connectivity index (χ1v) is 9.42. The van der Waals surface area contributed by atoms with Crippen LogP contribution in [0.25, 0.3) is 0 Å². The number of esters is 1. The zero-order valence-electron chi connectivity index (χ0n) is 14.7. The van der Waals surface area contributed by atoms with Crippen LogP contribution in [0.3, 0.4) is 0 Å². The van der Waals surface area contributed by atoms with Crippen molar-refractivity contribution < 1.29 is 18.7 Å². The molecule has 4 aliphatic rings. The number of halogens is 1. The molecule has 4 aliphatic carbocycles. The number of hydrogen-bond acceptors (Lipinski definition) is 3. The van der Waals surface area contributed by atoms with Gasteiger partial charge in [-0.3, -0.25) is 9.59 Å². The third-order valence-corrected chi connectivity index (χ3v) is 6.53. The van der Waals surface area contributed by atoms with E-state index in [2.05, 4.69) is 0 Å². The molecule has 0 aliphatic heterocycles. The fourth-order valence-corrected chi connectivity index (χ4v) is 5.93. The molecule has 0 N–H and O–H groups in total. The van der Waals surface area contributed by atoms with Gasteiger partial charge in [-0.1, -0.05) is 18.2 Å². The topological polar surface area (TPSA) is 43.4 Å². The predicted molar refractivity (Wildman–Crippen MR) is 91.3 cm³/mol. The largest absolute Gasteiger partial charge is 0.454 e. The minimum atomic E-state index is -0.740. The number of carbonyl (C=O) groups excluding carboxylic acids is 2. The van der Waals surface area contributed by atoms with Gasteiger partial charge in [0, 0.05) is 5.41 Å². The fourth-order valence-electron chi connectivity index (χ4n) is 5.93. The summed E-state index contributed by atoms with van der Waals surface area (Å²) in [5.74, 6) is 1.17. The molecular formula is C21H25FO3. The zero-order valence-corrected chi connectivity index (χ0v) is 14.7. The Kier molecular flexibility index (Phi) is 4.17. The van der Waals surface area contributed by atoms with E-state index in [1.807, 2.05) is 0 Å². The van der Waals surface area contributed by atoms with Crippen LogP contribution in [-0.4, -0.2) is 17.9 Å². The fraction of sp³-hybridized carbons (Fsp3) is 0.619. The van der Waals surface area contributed by atoms with Crippen molar-refractivity contribution in [3.63, 3.8) is 0 Å². The van der Waals surface area contributed by atoms with E-state index in [0.717, 1.165) is 19.3 Å². The van der Waals surface area contributed by atoms with Crippen molar-refractivity contribution in [2.24, 2.45) is 23.2 Å². The van der Waals surface area contributed by atoms with Crippen molar-refractivity contribution in [2.75, 3.05) is 0 Å². The van der Waals surface area contributed by atoms with Gasteiger partial charge < -0.3 is 4.74 Å². The molecule has 5 rings (SSSR count). The molecule has 0 radical (unpaired) electrons. The van der Waals surface area contributed by atoms with Gasteiger partial charge in [0.15, 0.2) is 11.9 Å². The van der Waals surface area contributed by atoms with E-state index in [1.54, 1.807) is 25.1 Å². The summed E-state index contributed by atoms with van der Waals surface area (Å²) in [5, 5.41) is 0. The molecule has 0 saturated heterocycles. The molecule has 4 bridgehead atoms. The van der Waals surface area contributed by atoms with Gasteiger partial charge in [0.05, 0.1) is 6.42 Å². The second-order valence-electron chi connectivity index (χ2n) is 8.46. The SMILES string of the molecule is CC(OC(=O)Cc1ccccc1F)C(=O)C12CC3CC(CC(C3)C1)C2. The summed E-state index contributed by atoms with van der Waals surface area (Å²) in [5.41, 5.74) is 0.0360. The van der Waals surface area contributed by atoms with Crippen LogP contribution in [0.15, 0.2) is 24.3 Å². The van der Waals surface area contributed by atoms with Crippen molar-refractivity contribution in [1.29, 1.82) is 0 Å². The Hall–Kier alpha value is -1.71. The van der Waals surface area contributed by atoms with E-state index in [0.29, 0.717) is 23.3 Å². The maximum atomic E-state index is 13.7. The number of hydrogen-bond donors (Lipinski definition) is 0. The maximum absolute atomic E-state index is 13.7. The summed E-state index contributed by atoms with van der Waals surface area (Å²) < 4.78 is 19.1. The molecule has 1 atom stereocenters. The highest BCUT2D eigenvalue weighted by molar-refractivity contribution is 5.91. The van der Waals surface area contributed by atoms with Crippen LogP contribution in [0.4, 0.5) is 4.39 Å². The number of carbonyl (C=O) groups is 2. The molecule has 0 aromatic heterocycles. The Balaban J connectivity index is 1.41. The molecule has 25 heavy (non-hydrogen) atoms. The molecule has 4 fully saturated rings. The van der Waals surface area contributed by atoms with E-state index in [4.69, 9.17) is 4.74 Å². The van der Waals surface area contributed by atoms with Crippen LogP contribution in [0.2, 0.25) is 0 Å². The number of ether oxygens (including phenoxy) is 1. The van der Waals surface area contributed by atoms with Gasteiger partial charge >= 0.3 is 5.97 Å². The smallest absolute Gasteiger partial charge is 0.311 e. The van der Waals surface area contributed by atoms with Crippen LogP contribution >= 0.6 is 0 Å². The first-order chi connectivity index (χ1) is 11.9. The van der Waals surface area contributed by atoms with E-state index in [9.17, 15) is 14.0 Å². The Bertz CT molecular complexity index is 661. The summed E-state index contributed by atoms with van der Waals surface area (Å²) in [6.07, 6.45) is 5.84. The van der Waals surface area contributed by atoms with Crippen LogP contribution in [0.1, 0.15) is 51.0 Å². The van der Waals surface area contributed by atoms with Crippen LogP contribution in [0, 0.1) is 29.0 Å². The average Bonchev–Trinajstić information content (AvgIpc) is 2.55. The molecule has 0 heterocycles. The molecule has 1 aromatic rings. The first kappa shape index (κ1) is 16.7. The number of rotatable bonds is 5. The van der Waals surface area contributed by atoms with Crippen molar-refractivity contribution in [2.45, 2.75) is 58.0 Å². The lowest BCUT2D eigenvalue weighted by molar-refractivity contribution is -0.164. The molecule has 4 saturated carbocycles. The van der Waals surface area contributed by atoms with E-state index < -0.39 is 17.9 Å². The lowest BCUT2D eigenvalue weighted by Crippen LogP contribution is -2.52. The number of Topliss-reactive ketones (excluding diaryl/α,β-unsaturated/α-hetero) is 1. The third-order valence-electron chi connectivity index (χ3n) is 6.53. The van der Waals surface area contributed by atoms with Crippen molar-refractivity contribution in [3.05, 3.63) is 35.6 Å². The van der Waals surface area contributed by atoms with Gasteiger partial charge in [-0.05, 0) is 74.8 Å². The Labute approximate surface area is 147 Å². The van der Waals surface area contributed by atoms with Crippen molar-refractivity contribution >= 4 is 11.8 Å². The summed E-state index contributed by atoms with van der Waals surface area (Å²) in [4.78, 5) is 25.3. The summed E-state index contributed by atoms with van der Waals surface area (Å²) in [7, 11) is 0. The van der Waals surface area contributed by atoms with Crippen molar-refractivity contribution in [3.8, 4) is 0 Å². The zero-order chi connectivity index (χ0) is 17.6. The van der Waals surface area contributed by atoms with Gasteiger partial charge in [0.2, 0.25) is 0 Å². The normalized spacial score (nSPS) is 33.9. The van der Waals surface area contributed by atoms with E-state index >= 15 is 0 Å².